The van der Waals surface area contributed by atoms with Crippen molar-refractivity contribution in [2.45, 2.75) is 171 Å². The molecule has 0 spiro atoms. The summed E-state index contributed by atoms with van der Waals surface area (Å²) in [5, 5.41) is 0. The number of hydrogen-bond donors (Lipinski definition) is 0. The molecule has 0 N–H and O–H groups in total. The third-order valence-corrected chi connectivity index (χ3v) is 25.1. The molecule has 15 heteroatoms. The first-order valence-corrected chi connectivity index (χ1v) is 42.1. The van der Waals surface area contributed by atoms with Crippen molar-refractivity contribution in [1.82, 2.24) is 0 Å². The summed E-state index contributed by atoms with van der Waals surface area (Å²) in [6.07, 6.45) is 26.7. The molecule has 4 saturated carbocycles. The quantitative estimate of drug-likeness (QED) is 0.0291. The first-order valence-electron chi connectivity index (χ1n) is 32.0. The molecule has 7 aromatic rings. The summed E-state index contributed by atoms with van der Waals surface area (Å²) in [5.74, 6) is 7.08. The highest BCUT2D eigenvalue weighted by Crippen LogP contribution is 2.57. The summed E-state index contributed by atoms with van der Waals surface area (Å²) in [6, 6.07) is 59.1. The highest BCUT2D eigenvalue weighted by atomic mass is 32.2. The number of alkyl halides is 3. The Morgan fingerprint density at radius 3 is 1.05 bits per heavy atom. The van der Waals surface area contributed by atoms with Crippen LogP contribution in [0.5, 0.6) is 11.5 Å². The van der Waals surface area contributed by atoms with E-state index in [0.29, 0.717) is 32.9 Å². The van der Waals surface area contributed by atoms with Crippen LogP contribution in [0, 0.1) is 45.4 Å². The van der Waals surface area contributed by atoms with Crippen LogP contribution in [0.2, 0.25) is 0 Å². The fraction of sp³-hybridized carbons (Fsp3) is 0.434. The Kier molecular flexibility index (Phi) is 30.8. The van der Waals surface area contributed by atoms with Crippen molar-refractivity contribution in [3.8, 4) is 11.5 Å². The predicted molar refractivity (Wildman–Crippen MR) is 386 cm³/mol. The summed E-state index contributed by atoms with van der Waals surface area (Å²) in [6.45, 7) is 14.1. The van der Waals surface area contributed by atoms with Crippen molar-refractivity contribution in [3.63, 3.8) is 0 Å². The van der Waals surface area contributed by atoms with E-state index in [9.17, 15) is 26.4 Å². The molecule has 11 rings (SSSR count). The highest BCUT2D eigenvalue weighted by Gasteiger charge is 2.53. The Morgan fingerprint density at radius 1 is 0.484 bits per heavy atom. The van der Waals surface area contributed by atoms with E-state index in [-0.39, 0.29) is 34.8 Å². The molecule has 4 aliphatic rings. The third kappa shape index (κ3) is 23.5. The molecule has 4 aliphatic carbocycles. The standard InChI is InChI=1S/C32H35O3S.C21H18F3O3S2.C12H27S.C8H11S.C3H9S/c1-22-13-29(36(27-9-5-3-6-10-27)28-11-7-4-8-12-28)14-23(2)31(22)34-21-30(33)35-32-18-24-15-25(19-32)17-26(16-24)20-32;1-15-13-19(14-16(2)20(15)27-29(25,26)21(22,23)24)28(17-9-5-3-6-10-17)18-11-7-4-8-12-18;1-4-7-10-13(11-8-5-2)12-9-6-3;1-9(2)8-6-4-3-5-7-8;1-4(2)3/h3-14,24-26H,15-21H2,1-2H3;3-14H,1-2H3;4-12H2,1-3H3;3-7H,1-2H3;1-3H3/q5*+1. The minimum Gasteiger partial charge on any atom is -0.481 e. The monoisotopic (exact) mass is 1360 g/mol. The Bertz CT molecular complexity index is 3190. The zero-order valence-electron chi connectivity index (χ0n) is 55.8. The fourth-order valence-electron chi connectivity index (χ4n) is 12.2. The van der Waals surface area contributed by atoms with E-state index in [1.165, 1.54) is 108 Å². The second kappa shape index (κ2) is 37.3. The average molecular weight is 1360 g/mol. The van der Waals surface area contributed by atoms with Crippen LogP contribution in [0.1, 0.15) is 120 Å². The number of unbranched alkanes of at least 4 members (excludes halogenated alkanes) is 3. The first-order chi connectivity index (χ1) is 43.5. The van der Waals surface area contributed by atoms with E-state index in [0.717, 1.165) is 79.5 Å². The van der Waals surface area contributed by atoms with Crippen molar-refractivity contribution in [3.05, 3.63) is 198 Å². The maximum Gasteiger partial charge on any atom is 0.534 e. The largest absolute Gasteiger partial charge is 0.534 e. The van der Waals surface area contributed by atoms with Crippen molar-refractivity contribution < 1.29 is 40.0 Å². The molecule has 492 valence electrons. The van der Waals surface area contributed by atoms with Crippen LogP contribution in [0.3, 0.4) is 0 Å². The second-order valence-corrected chi connectivity index (χ2v) is 37.2. The van der Waals surface area contributed by atoms with E-state index < -0.39 is 26.5 Å². The van der Waals surface area contributed by atoms with Crippen LogP contribution in [0.25, 0.3) is 0 Å². The molecular weight excluding hydrogens is 1260 g/mol. The number of rotatable bonds is 22. The summed E-state index contributed by atoms with van der Waals surface area (Å²) in [4.78, 5) is 21.1. The molecule has 0 heterocycles. The Hall–Kier alpha value is -4.90. The van der Waals surface area contributed by atoms with Crippen LogP contribution in [-0.2, 0) is 74.1 Å². The molecule has 4 bridgehead atoms. The minimum absolute atomic E-state index is 0.0220. The van der Waals surface area contributed by atoms with Crippen molar-refractivity contribution in [2.75, 3.05) is 55.1 Å². The van der Waals surface area contributed by atoms with E-state index in [2.05, 4.69) is 173 Å². The van der Waals surface area contributed by atoms with E-state index in [1.807, 2.05) is 60.7 Å². The zero-order chi connectivity index (χ0) is 66.1. The molecule has 7 aromatic carbocycles. The van der Waals surface area contributed by atoms with Gasteiger partial charge in [0.15, 0.2) is 40.9 Å². The number of aryl methyl sites for hydroxylation is 4. The number of ether oxygens (including phenoxy) is 2. The lowest BCUT2D eigenvalue weighted by atomic mass is 9.54. The number of carbonyl (C=O) groups excluding carboxylic acids is 1. The zero-order valence-corrected chi connectivity index (χ0v) is 60.7. The van der Waals surface area contributed by atoms with E-state index in [1.54, 1.807) is 12.1 Å². The van der Waals surface area contributed by atoms with Crippen LogP contribution in [-0.4, -0.2) is 80.6 Å². The minimum atomic E-state index is -5.73. The SMILES string of the molecule is CCCC[S+](CCCC)CCCC.C[S+](C)C.C[S+](C)c1ccccc1.Cc1cc([S+](c2ccccc2)c2ccccc2)cc(C)c1OCC(=O)OC12CC3CC(CC(C3)C1)C2.Cc1cc([S+](c2ccccc2)c2ccccc2)cc(C)c1OS(=O)(=O)C(F)(F)F. The molecule has 6 nitrogen and oxygen atoms in total. The molecule has 0 aromatic heterocycles. The number of benzene rings is 7. The maximum atomic E-state index is 12.9. The molecule has 91 heavy (non-hydrogen) atoms. The molecule has 0 atom stereocenters. The van der Waals surface area contributed by atoms with E-state index in [4.69, 9.17) is 9.47 Å². The lowest BCUT2D eigenvalue weighted by molar-refractivity contribution is -0.188. The Balaban J connectivity index is 0.000000212. The molecular formula is C76H100F3O6S6+5. The lowest BCUT2D eigenvalue weighted by Gasteiger charge is -2.55. The topological polar surface area (TPSA) is 78.9 Å². The number of esters is 1. The fourth-order valence-corrected chi connectivity index (χ4v) is 20.7. The van der Waals surface area contributed by atoms with Crippen LogP contribution >= 0.6 is 0 Å². The molecule has 0 unspecified atom stereocenters. The lowest BCUT2D eigenvalue weighted by Crippen LogP contribution is -2.53. The Morgan fingerprint density at radius 2 is 0.780 bits per heavy atom. The maximum absolute atomic E-state index is 12.9. The van der Waals surface area contributed by atoms with Gasteiger partial charge in [-0.25, -0.2) is 4.79 Å². The Labute approximate surface area is 559 Å². The van der Waals surface area contributed by atoms with Crippen molar-refractivity contribution >= 4 is 70.6 Å². The van der Waals surface area contributed by atoms with Gasteiger partial charge < -0.3 is 13.7 Å². The normalized spacial score (nSPS) is 17.3. The van der Waals surface area contributed by atoms with E-state index >= 15 is 0 Å². The molecule has 0 aliphatic heterocycles. The van der Waals surface area contributed by atoms with Gasteiger partial charge >= 0.3 is 21.6 Å². The third-order valence-electron chi connectivity index (χ3n) is 16.0. The first kappa shape index (κ1) is 75.1. The van der Waals surface area contributed by atoms with Gasteiger partial charge in [0.2, 0.25) is 0 Å². The molecule has 0 radical (unpaired) electrons. The van der Waals surface area contributed by atoms with Gasteiger partial charge in [0.25, 0.3) is 0 Å². The van der Waals surface area contributed by atoms with Gasteiger partial charge in [-0.1, -0.05) is 131 Å². The highest BCUT2D eigenvalue weighted by molar-refractivity contribution is 7.97. The predicted octanol–water partition coefficient (Wildman–Crippen LogP) is 19.3. The smallest absolute Gasteiger partial charge is 0.481 e. The summed E-state index contributed by atoms with van der Waals surface area (Å²) in [5.41, 5.74) is -2.96. The number of hydrogen-bond acceptors (Lipinski definition) is 6. The van der Waals surface area contributed by atoms with Crippen LogP contribution in [0.4, 0.5) is 13.2 Å². The number of halogens is 3. The van der Waals surface area contributed by atoms with Gasteiger partial charge in [-0.05, 0) is 208 Å². The van der Waals surface area contributed by atoms with Crippen LogP contribution < -0.4 is 8.92 Å². The van der Waals surface area contributed by atoms with Gasteiger partial charge in [0, 0.05) is 35.2 Å². The summed E-state index contributed by atoms with van der Waals surface area (Å²) in [7, 11) is -4.62. The van der Waals surface area contributed by atoms with Crippen molar-refractivity contribution in [1.29, 1.82) is 0 Å². The average Bonchev–Trinajstić information content (AvgIpc) is 0.778. The summed E-state index contributed by atoms with van der Waals surface area (Å²) >= 11 is 0. The molecule has 0 amide bonds. The van der Waals surface area contributed by atoms with Crippen LogP contribution in [0.15, 0.2) is 210 Å². The number of carbonyl (C=O) groups is 1. The molecule has 0 saturated heterocycles. The van der Waals surface area contributed by atoms with Gasteiger partial charge in [0.05, 0.1) is 40.6 Å². The second-order valence-electron chi connectivity index (χ2n) is 24.6. The summed E-state index contributed by atoms with van der Waals surface area (Å²) < 4.78 is 77.8. The molecule has 4 fully saturated rings. The van der Waals surface area contributed by atoms with Gasteiger partial charge in [-0.2, -0.15) is 21.6 Å². The van der Waals surface area contributed by atoms with Gasteiger partial charge in [-0.15, -0.1) is 0 Å². The van der Waals surface area contributed by atoms with Gasteiger partial charge in [0.1, 0.15) is 46.9 Å². The van der Waals surface area contributed by atoms with Gasteiger partial charge in [-0.3, -0.25) is 0 Å². The van der Waals surface area contributed by atoms with Crippen molar-refractivity contribution in [2.24, 2.45) is 17.8 Å².